The van der Waals surface area contributed by atoms with Crippen molar-refractivity contribution < 1.29 is 26.3 Å². The fraction of sp³-hybridized carbons (Fsp3) is 0.200. The third-order valence-electron chi connectivity index (χ3n) is 2.76. The Balaban J connectivity index is 0.000000488. The molecule has 0 spiro atoms. The van der Waals surface area contributed by atoms with Gasteiger partial charge in [-0.2, -0.15) is 26.3 Å². The van der Waals surface area contributed by atoms with Crippen LogP contribution in [0.25, 0.3) is 10.4 Å². The molecule has 12 heteroatoms. The largest absolute Gasteiger partial charge is 0.416 e. The zero-order valence-electron chi connectivity index (χ0n) is 12.4. The summed E-state index contributed by atoms with van der Waals surface area (Å²) < 4.78 is 72.4. The highest BCUT2D eigenvalue weighted by molar-refractivity contribution is 6.33. The van der Waals surface area contributed by atoms with Crippen LogP contribution in [0.15, 0.2) is 41.5 Å². The van der Waals surface area contributed by atoms with Crippen molar-refractivity contribution >= 4 is 34.6 Å². The third-order valence-corrected chi connectivity index (χ3v) is 3.39. The molecule has 0 unspecified atom stereocenters. The molecule has 0 saturated heterocycles. The lowest BCUT2D eigenvalue weighted by Crippen LogP contribution is -2.04. The lowest BCUT2D eigenvalue weighted by molar-refractivity contribution is -0.138. The zero-order valence-corrected chi connectivity index (χ0v) is 13.9. The summed E-state index contributed by atoms with van der Waals surface area (Å²) in [6.07, 6.45) is -8.81. The van der Waals surface area contributed by atoms with Crippen LogP contribution >= 0.6 is 23.2 Å². The predicted molar refractivity (Wildman–Crippen MR) is 92.9 cm³/mol. The summed E-state index contributed by atoms with van der Waals surface area (Å²) in [5.74, 6) is 0. The summed E-state index contributed by atoms with van der Waals surface area (Å²) in [5, 5.41) is 2.81. The summed E-state index contributed by atoms with van der Waals surface area (Å²) in [6.45, 7) is 0. The molecule has 0 aromatic heterocycles. The van der Waals surface area contributed by atoms with Crippen LogP contribution in [-0.4, -0.2) is 0 Å². The van der Waals surface area contributed by atoms with Crippen molar-refractivity contribution in [2.75, 3.05) is 5.73 Å². The van der Waals surface area contributed by atoms with Crippen molar-refractivity contribution in [2.24, 2.45) is 5.11 Å². The van der Waals surface area contributed by atoms with Crippen LogP contribution in [0, 0.1) is 0 Å². The van der Waals surface area contributed by atoms with Crippen LogP contribution in [0.5, 0.6) is 0 Å². The third kappa shape index (κ3) is 7.46. The second-order valence-electron chi connectivity index (χ2n) is 4.59. The van der Waals surface area contributed by atoms with Gasteiger partial charge in [0.15, 0.2) is 0 Å². The molecule has 27 heavy (non-hydrogen) atoms. The van der Waals surface area contributed by atoms with Crippen molar-refractivity contribution in [1.82, 2.24) is 0 Å². The lowest BCUT2D eigenvalue weighted by atomic mass is 10.2. The Morgan fingerprint density at radius 1 is 0.852 bits per heavy atom. The van der Waals surface area contributed by atoms with Gasteiger partial charge < -0.3 is 5.73 Å². The minimum atomic E-state index is -4.45. The lowest BCUT2D eigenvalue weighted by Gasteiger charge is -2.07. The summed E-state index contributed by atoms with van der Waals surface area (Å²) in [5.41, 5.74) is 11.7. The molecular formula is C15H12Cl2F6N4. The van der Waals surface area contributed by atoms with Gasteiger partial charge in [-0.3, -0.25) is 0 Å². The standard InChI is InChI=1S/C7H3ClF3N3.C7H5ClF3N.CH4/c8-5-3-4(7(9,10)11)1-2-6(5)13-14-12;8-5-3-4(7(9,10)11)1-2-6(5)12;/h1-3H;1-3H,12H2;1H4. The number of halogens is 8. The Bertz CT molecular complexity index is 830. The molecule has 0 aliphatic carbocycles. The number of anilines is 1. The van der Waals surface area contributed by atoms with E-state index >= 15 is 0 Å². The Labute approximate surface area is 160 Å². The molecule has 0 bridgehead atoms. The minimum absolute atomic E-state index is 0. The Hall–Kier alpha value is -2.29. The quantitative estimate of drug-likeness (QED) is 0.160. The van der Waals surface area contributed by atoms with E-state index in [2.05, 4.69) is 10.0 Å². The van der Waals surface area contributed by atoms with Crippen LogP contribution < -0.4 is 5.73 Å². The summed E-state index contributed by atoms with van der Waals surface area (Å²) in [4.78, 5) is 2.42. The highest BCUT2D eigenvalue weighted by Gasteiger charge is 2.31. The highest BCUT2D eigenvalue weighted by atomic mass is 35.5. The number of nitrogens with zero attached hydrogens (tertiary/aromatic N) is 3. The van der Waals surface area contributed by atoms with Crippen molar-refractivity contribution in [3.8, 4) is 0 Å². The zero-order chi connectivity index (χ0) is 20.1. The van der Waals surface area contributed by atoms with E-state index in [0.29, 0.717) is 6.07 Å². The maximum Gasteiger partial charge on any atom is 0.416 e. The number of azide groups is 1. The topological polar surface area (TPSA) is 74.8 Å². The van der Waals surface area contributed by atoms with Crippen molar-refractivity contribution in [2.45, 2.75) is 19.8 Å². The van der Waals surface area contributed by atoms with E-state index in [4.69, 9.17) is 34.5 Å². The number of rotatable bonds is 1. The van der Waals surface area contributed by atoms with E-state index in [1.165, 1.54) is 0 Å². The molecule has 0 aliphatic heterocycles. The average molecular weight is 433 g/mol. The van der Waals surface area contributed by atoms with E-state index < -0.39 is 23.5 Å². The Kier molecular flexibility index (Phi) is 8.78. The first-order valence-electron chi connectivity index (χ1n) is 6.40. The SMILES string of the molecule is C.Nc1ccc(C(F)(F)F)cc1Cl.[N-]=[N+]=Nc1ccc(C(F)(F)F)cc1Cl. The molecule has 0 saturated carbocycles. The fourth-order valence-corrected chi connectivity index (χ4v) is 1.91. The Morgan fingerprint density at radius 3 is 1.67 bits per heavy atom. The highest BCUT2D eigenvalue weighted by Crippen LogP contribution is 2.35. The van der Waals surface area contributed by atoms with Crippen molar-refractivity contribution in [1.29, 1.82) is 0 Å². The van der Waals surface area contributed by atoms with Crippen molar-refractivity contribution in [3.05, 3.63) is 68.0 Å². The minimum Gasteiger partial charge on any atom is -0.398 e. The van der Waals surface area contributed by atoms with Gasteiger partial charge in [-0.25, -0.2) is 0 Å². The molecule has 2 aromatic carbocycles. The second kappa shape index (κ2) is 9.59. The van der Waals surface area contributed by atoms with Gasteiger partial charge in [0.05, 0.1) is 32.5 Å². The van der Waals surface area contributed by atoms with Gasteiger partial charge >= 0.3 is 12.4 Å². The molecule has 0 atom stereocenters. The van der Waals surface area contributed by atoms with Crippen LogP contribution in [0.4, 0.5) is 37.7 Å². The first kappa shape index (κ1) is 24.7. The summed E-state index contributed by atoms with van der Waals surface area (Å²) in [7, 11) is 0. The normalized spacial score (nSPS) is 10.8. The maximum atomic E-state index is 12.1. The van der Waals surface area contributed by atoms with Gasteiger partial charge in [0.25, 0.3) is 0 Å². The van der Waals surface area contributed by atoms with Gasteiger partial charge in [0, 0.05) is 4.91 Å². The van der Waals surface area contributed by atoms with Crippen LogP contribution in [0.1, 0.15) is 18.6 Å². The molecular weight excluding hydrogens is 421 g/mol. The summed E-state index contributed by atoms with van der Waals surface area (Å²) >= 11 is 10.8. The van der Waals surface area contributed by atoms with E-state index in [1.807, 2.05) is 0 Å². The van der Waals surface area contributed by atoms with Crippen LogP contribution in [-0.2, 0) is 12.4 Å². The predicted octanol–water partition coefficient (Wildman–Crippen LogP) is 7.88. The van der Waals surface area contributed by atoms with Crippen LogP contribution in [0.2, 0.25) is 10.0 Å². The monoisotopic (exact) mass is 432 g/mol. The van der Waals surface area contributed by atoms with E-state index in [0.717, 1.165) is 30.3 Å². The van der Waals surface area contributed by atoms with Gasteiger partial charge in [-0.05, 0) is 35.9 Å². The average Bonchev–Trinajstić information content (AvgIpc) is 2.51. The van der Waals surface area contributed by atoms with Gasteiger partial charge in [0.2, 0.25) is 0 Å². The second-order valence-corrected chi connectivity index (χ2v) is 5.40. The molecule has 0 radical (unpaired) electrons. The number of alkyl halides is 6. The van der Waals surface area contributed by atoms with Gasteiger partial charge in [-0.1, -0.05) is 41.8 Å². The molecule has 148 valence electrons. The number of nitrogen functional groups attached to an aromatic ring is 1. The Morgan fingerprint density at radius 2 is 1.30 bits per heavy atom. The molecule has 0 aliphatic rings. The van der Waals surface area contributed by atoms with Gasteiger partial charge in [0.1, 0.15) is 0 Å². The molecule has 0 amide bonds. The number of hydrogen-bond donors (Lipinski definition) is 1. The first-order valence-corrected chi connectivity index (χ1v) is 7.16. The molecule has 4 nitrogen and oxygen atoms in total. The number of benzene rings is 2. The smallest absolute Gasteiger partial charge is 0.398 e. The maximum absolute atomic E-state index is 12.1. The van der Waals surface area contributed by atoms with Crippen LogP contribution in [0.3, 0.4) is 0 Å². The van der Waals surface area contributed by atoms with E-state index in [1.54, 1.807) is 0 Å². The molecule has 0 heterocycles. The molecule has 0 fully saturated rings. The van der Waals surface area contributed by atoms with E-state index in [-0.39, 0.29) is 28.8 Å². The molecule has 2 aromatic rings. The van der Waals surface area contributed by atoms with Crippen molar-refractivity contribution in [3.63, 3.8) is 0 Å². The number of nitrogens with two attached hydrogens (primary N) is 1. The fourth-order valence-electron chi connectivity index (χ4n) is 1.52. The first-order chi connectivity index (χ1) is 11.9. The molecule has 2 rings (SSSR count). The van der Waals surface area contributed by atoms with E-state index in [9.17, 15) is 26.3 Å². The number of hydrogen-bond acceptors (Lipinski definition) is 2. The summed E-state index contributed by atoms with van der Waals surface area (Å²) in [6, 6.07) is 5.36. The molecule has 2 N–H and O–H groups in total. The van der Waals surface area contributed by atoms with Gasteiger partial charge in [-0.15, -0.1) is 0 Å².